The van der Waals surface area contributed by atoms with Crippen LogP contribution in [-0.4, -0.2) is 187 Å². The summed E-state index contributed by atoms with van der Waals surface area (Å²) in [6, 6.07) is 10.2. The van der Waals surface area contributed by atoms with E-state index in [1.165, 1.54) is 98.4 Å². The number of H-pyrrole nitrogens is 1. The maximum atomic E-state index is 14.6. The number of rotatable bonds is 40. The van der Waals surface area contributed by atoms with Gasteiger partial charge in [0.05, 0.1) is 44.6 Å². The van der Waals surface area contributed by atoms with Crippen molar-refractivity contribution in [2.45, 2.75) is 152 Å². The second kappa shape index (κ2) is 39.4. The number of aliphatic hydroxyl groups is 2. The van der Waals surface area contributed by atoms with Crippen LogP contribution in [-0.2, 0) is 88.3 Å². The third-order valence-electron chi connectivity index (χ3n) is 14.1. The van der Waals surface area contributed by atoms with Crippen LogP contribution in [0, 0.1) is 5.41 Å². The molecule has 1 unspecified atom stereocenters. The van der Waals surface area contributed by atoms with Crippen LogP contribution >= 0.6 is 23.5 Å². The minimum atomic E-state index is -1.74. The SMILES string of the molecule is CCC[C@H](NC(=O)CNC(=O)[C@@H](NC(=O)[C@H](Cc1cnc[nH]1)NC(=O)[C@H](Cc1ccc(O)cc1)NC(=O)C(NC(=O)CCSCc1cccc(CSC[C@H](NC(=O)C[C@@H](C)O)C(N)=O)c1)C(C)(C)C)[C@@H](C)O)C(=O)NCC(=O)NCC(=O)N[C@@H](Cc1ccc(O)cc1)C(N)=O. The molecule has 0 saturated heterocycles. The van der Waals surface area contributed by atoms with Gasteiger partial charge < -0.3 is 90.0 Å². The molecule has 19 N–H and O–H groups in total. The molecule has 12 amide bonds. The molecule has 3 aromatic carbocycles. The van der Waals surface area contributed by atoms with Crippen molar-refractivity contribution in [3.63, 3.8) is 0 Å². The Hall–Kier alpha value is -9.27. The largest absolute Gasteiger partial charge is 0.508 e. The topological polar surface area (TPSA) is 487 Å². The Morgan fingerprint density at radius 3 is 1.61 bits per heavy atom. The lowest BCUT2D eigenvalue weighted by Crippen LogP contribution is -2.61. The number of aliphatic hydroxyl groups excluding tert-OH is 2. The van der Waals surface area contributed by atoms with Gasteiger partial charge in [-0.15, -0.1) is 0 Å². The number of aromatic hydroxyl groups is 2. The van der Waals surface area contributed by atoms with Crippen molar-refractivity contribution in [2.75, 3.05) is 31.1 Å². The van der Waals surface area contributed by atoms with Crippen LogP contribution in [0.3, 0.4) is 0 Å². The lowest BCUT2D eigenvalue weighted by molar-refractivity contribution is -0.136. The molecule has 0 spiro atoms. The van der Waals surface area contributed by atoms with Crippen molar-refractivity contribution in [3.8, 4) is 11.5 Å². The maximum absolute atomic E-state index is 14.6. The summed E-state index contributed by atoms with van der Waals surface area (Å²) in [4.78, 5) is 165. The lowest BCUT2D eigenvalue weighted by atomic mass is 9.85. The van der Waals surface area contributed by atoms with E-state index in [9.17, 15) is 78.0 Å². The van der Waals surface area contributed by atoms with Crippen LogP contribution in [0.1, 0.15) is 95.2 Å². The third-order valence-corrected chi connectivity index (χ3v) is 16.3. The highest BCUT2D eigenvalue weighted by Crippen LogP contribution is 2.23. The lowest BCUT2D eigenvalue weighted by Gasteiger charge is -2.32. The first-order valence-electron chi connectivity index (χ1n) is 30.5. The zero-order valence-corrected chi connectivity index (χ0v) is 55.4. The molecule has 0 aliphatic heterocycles. The highest BCUT2D eigenvalue weighted by Gasteiger charge is 2.37. The first-order chi connectivity index (χ1) is 44.9. The molecule has 4 rings (SSSR count). The van der Waals surface area contributed by atoms with Gasteiger partial charge in [-0.3, -0.25) is 57.5 Å². The van der Waals surface area contributed by atoms with E-state index in [4.69, 9.17) is 11.5 Å². The van der Waals surface area contributed by atoms with Crippen molar-refractivity contribution in [1.29, 1.82) is 0 Å². The number of primary amides is 2. The van der Waals surface area contributed by atoms with Crippen molar-refractivity contribution < 1.29 is 78.0 Å². The number of phenols is 2. The summed E-state index contributed by atoms with van der Waals surface area (Å²) in [6.45, 7) is 7.55. The second-order valence-corrected chi connectivity index (χ2v) is 25.7. The van der Waals surface area contributed by atoms with Gasteiger partial charge in [0.1, 0.15) is 53.8 Å². The molecule has 95 heavy (non-hydrogen) atoms. The number of thioether (sulfide) groups is 2. The summed E-state index contributed by atoms with van der Waals surface area (Å²) in [7, 11) is 0. The van der Waals surface area contributed by atoms with Crippen LogP contribution in [0.4, 0.5) is 0 Å². The zero-order chi connectivity index (χ0) is 70.4. The predicted molar refractivity (Wildman–Crippen MR) is 353 cm³/mol. The van der Waals surface area contributed by atoms with Gasteiger partial charge in [0.15, 0.2) is 0 Å². The van der Waals surface area contributed by atoms with E-state index in [0.717, 1.165) is 11.1 Å². The summed E-state index contributed by atoms with van der Waals surface area (Å²) in [5, 5.41) is 64.9. The van der Waals surface area contributed by atoms with Gasteiger partial charge in [-0.1, -0.05) is 82.6 Å². The van der Waals surface area contributed by atoms with Crippen LogP contribution in [0.5, 0.6) is 11.5 Å². The first kappa shape index (κ1) is 78.2. The number of aromatic amines is 1. The van der Waals surface area contributed by atoms with E-state index in [-0.39, 0.29) is 55.8 Å². The van der Waals surface area contributed by atoms with E-state index >= 15 is 0 Å². The third kappa shape index (κ3) is 29.3. The minimum absolute atomic E-state index is 0.00325. The molecule has 9 atom stereocenters. The summed E-state index contributed by atoms with van der Waals surface area (Å²) < 4.78 is 0. The number of nitrogens with one attached hydrogen (secondary N) is 11. The first-order valence-corrected chi connectivity index (χ1v) is 32.8. The number of imidazole rings is 1. The molecule has 0 aliphatic rings. The Morgan fingerprint density at radius 2 is 1.06 bits per heavy atom. The Kier molecular flexibility index (Phi) is 32.5. The molecular weight excluding hydrogens is 1270 g/mol. The van der Waals surface area contributed by atoms with Gasteiger partial charge in [-0.2, -0.15) is 23.5 Å². The quantitative estimate of drug-likeness (QED) is 0.0217. The van der Waals surface area contributed by atoms with Crippen molar-refractivity contribution in [2.24, 2.45) is 16.9 Å². The van der Waals surface area contributed by atoms with Gasteiger partial charge in [0, 0.05) is 60.6 Å². The van der Waals surface area contributed by atoms with Gasteiger partial charge in [0.25, 0.3) is 0 Å². The normalized spacial score (nSPS) is 14.0. The van der Waals surface area contributed by atoms with Gasteiger partial charge in [-0.25, -0.2) is 4.98 Å². The molecule has 0 radical (unpaired) electrons. The number of amides is 12. The highest BCUT2D eigenvalue weighted by molar-refractivity contribution is 7.98. The number of nitrogens with two attached hydrogens (primary N) is 2. The average molecular weight is 1360 g/mol. The maximum Gasteiger partial charge on any atom is 0.245 e. The molecule has 1 heterocycles. The van der Waals surface area contributed by atoms with Crippen LogP contribution in [0.25, 0.3) is 0 Å². The van der Waals surface area contributed by atoms with E-state index in [2.05, 4.69) is 63.1 Å². The predicted octanol–water partition coefficient (Wildman–Crippen LogP) is -1.88. The van der Waals surface area contributed by atoms with Gasteiger partial charge >= 0.3 is 0 Å². The number of carbonyl (C=O) groups excluding carboxylic acids is 12. The van der Waals surface area contributed by atoms with Gasteiger partial charge in [0.2, 0.25) is 70.9 Å². The van der Waals surface area contributed by atoms with E-state index in [1.54, 1.807) is 27.7 Å². The summed E-state index contributed by atoms with van der Waals surface area (Å²) >= 11 is 2.87. The Morgan fingerprint density at radius 1 is 0.547 bits per heavy atom. The van der Waals surface area contributed by atoms with Crippen LogP contribution in [0.2, 0.25) is 0 Å². The monoisotopic (exact) mass is 1360 g/mol. The van der Waals surface area contributed by atoms with Crippen molar-refractivity contribution in [1.82, 2.24) is 63.1 Å². The number of carbonyl (C=O) groups is 12. The second-order valence-electron chi connectivity index (χ2n) is 23.6. The smallest absolute Gasteiger partial charge is 0.245 e. The standard InChI is InChI=1S/C63H88N14O16S2/c1-7-9-44(58(89)68-28-51(84)67-29-52(85)72-45(56(64)87)24-37-12-16-42(80)17-13-37)71-53(86)30-69-61(92)54(36(3)79)77-60(91)47(26-41-27-66-34-70-41)74-59(90)46(25-38-14-18-43(81)19-15-38)75-62(93)55(63(4,5)6)76-49(82)20-21-94-31-39-10-8-11-40(23-39)32-95-33-48(57(65)88)73-50(83)22-35(2)78/h8,10-19,23,27,34-36,44-48,54-55,78-81H,7,9,20-22,24-26,28-33H2,1-6H3,(H2,64,87)(H2,65,88)(H,66,70)(H,67,84)(H,68,89)(H,69,92)(H,71,86)(H,72,85)(H,73,83)(H,74,90)(H,75,93)(H,76,82)(H,77,91)/t35-,36-,44+,45+,46+,47+,48+,54+,55?/m1/s1. The molecule has 30 nitrogen and oxygen atoms in total. The molecule has 0 aliphatic carbocycles. The molecule has 32 heteroatoms. The number of phenolic OH excluding ortho intramolecular Hbond substituents is 2. The van der Waals surface area contributed by atoms with E-state index in [0.29, 0.717) is 40.5 Å². The fourth-order valence-electron chi connectivity index (χ4n) is 9.12. The van der Waals surface area contributed by atoms with Crippen molar-refractivity contribution >= 4 is 94.4 Å². The summed E-state index contributed by atoms with van der Waals surface area (Å²) in [5.74, 6) is -7.84. The molecule has 0 bridgehead atoms. The Labute approximate surface area is 558 Å². The number of hydrogen-bond acceptors (Lipinski definition) is 19. The minimum Gasteiger partial charge on any atom is -0.508 e. The van der Waals surface area contributed by atoms with E-state index < -0.39 is 150 Å². The number of aromatic nitrogens is 2. The summed E-state index contributed by atoms with van der Waals surface area (Å²) in [6.07, 6.45) is 0.0915. The van der Waals surface area contributed by atoms with Crippen LogP contribution in [0.15, 0.2) is 85.3 Å². The number of benzene rings is 3. The van der Waals surface area contributed by atoms with Crippen molar-refractivity contribution in [3.05, 3.63) is 113 Å². The molecular formula is C63H88N14O16S2. The molecule has 4 aromatic rings. The zero-order valence-electron chi connectivity index (χ0n) is 53.8. The molecule has 0 saturated carbocycles. The Bertz CT molecular complexity index is 3240. The van der Waals surface area contributed by atoms with Gasteiger partial charge in [-0.05, 0) is 72.2 Å². The highest BCUT2D eigenvalue weighted by atomic mass is 32.2. The average Bonchev–Trinajstić information content (AvgIpc) is 1.40. The number of nitrogens with zero attached hydrogens (tertiary/aromatic N) is 1. The Balaban J connectivity index is 1.36. The number of hydrogen-bond donors (Lipinski definition) is 17. The summed E-state index contributed by atoms with van der Waals surface area (Å²) in [5.41, 5.74) is 13.3. The molecule has 1 aromatic heterocycles. The fourth-order valence-corrected chi connectivity index (χ4v) is 11.0. The fraction of sp³-hybridized carbons (Fsp3) is 0.476. The van der Waals surface area contributed by atoms with E-state index in [1.807, 2.05) is 24.3 Å². The van der Waals surface area contributed by atoms with Crippen LogP contribution < -0.4 is 64.6 Å². The molecule has 0 fully saturated rings. The molecule has 518 valence electrons.